The molecule has 2 fully saturated rings. The molecular weight excluding hydrogens is 196 g/mol. The maximum Gasteiger partial charge on any atom is 0.308 e. The van der Waals surface area contributed by atoms with Crippen molar-refractivity contribution in [3.05, 3.63) is 0 Å². The number of hydrogen-bond donors (Lipinski definition) is 0. The summed E-state index contributed by atoms with van der Waals surface area (Å²) in [5, 5.41) is 0. The topological polar surface area (TPSA) is 44.8 Å². The number of carbonyl (C=O) groups is 1. The third-order valence-corrected chi connectivity index (χ3v) is 2.60. The van der Waals surface area contributed by atoms with E-state index in [-0.39, 0.29) is 18.2 Å². The zero-order valence-electron chi connectivity index (χ0n) is 9.69. The summed E-state index contributed by atoms with van der Waals surface area (Å²) >= 11 is 0. The van der Waals surface area contributed by atoms with Crippen LogP contribution in [-0.4, -0.2) is 32.6 Å². The van der Waals surface area contributed by atoms with Gasteiger partial charge in [-0.25, -0.2) is 0 Å². The summed E-state index contributed by atoms with van der Waals surface area (Å²) in [5.41, 5.74) is 0. The summed E-state index contributed by atoms with van der Waals surface area (Å²) in [6.45, 7) is 5.42. The fourth-order valence-corrected chi connectivity index (χ4v) is 1.64. The summed E-state index contributed by atoms with van der Waals surface area (Å²) < 4.78 is 14.9. The van der Waals surface area contributed by atoms with Crippen LogP contribution in [0.1, 0.15) is 26.7 Å². The van der Waals surface area contributed by atoms with Crippen LogP contribution in [0.25, 0.3) is 0 Å². The summed E-state index contributed by atoms with van der Waals surface area (Å²) in [5.74, 6) is 0.583. The van der Waals surface area contributed by atoms with E-state index in [1.165, 1.54) is 20.0 Å². The zero-order chi connectivity index (χ0) is 11.3. The Balaban J connectivity index is 0.000000153. The normalized spacial score (nSPS) is 28.3. The molecule has 88 valence electrons. The summed E-state index contributed by atoms with van der Waals surface area (Å²) in [4.78, 5) is 10.3. The molecule has 0 unspecified atom stereocenters. The molecule has 0 atom stereocenters. The van der Waals surface area contributed by atoms with Gasteiger partial charge in [0, 0.05) is 5.92 Å². The van der Waals surface area contributed by atoms with E-state index in [1.54, 1.807) is 13.8 Å². The highest BCUT2D eigenvalue weighted by Gasteiger charge is 2.33. The third kappa shape index (κ3) is 3.80. The Labute approximate surface area is 90.9 Å². The van der Waals surface area contributed by atoms with Crippen molar-refractivity contribution in [2.75, 3.05) is 20.3 Å². The first-order chi connectivity index (χ1) is 7.15. The molecule has 4 nitrogen and oxygen atoms in total. The molecule has 0 aliphatic carbocycles. The average Bonchev–Trinajstić information content (AvgIpc) is 2.78. The van der Waals surface area contributed by atoms with Crippen molar-refractivity contribution in [2.45, 2.75) is 33.0 Å². The Morgan fingerprint density at radius 1 is 1.27 bits per heavy atom. The molecule has 0 aromatic rings. The van der Waals surface area contributed by atoms with Gasteiger partial charge in [0.1, 0.15) is 0 Å². The molecule has 0 aromatic carbocycles. The maximum absolute atomic E-state index is 10.3. The first-order valence-corrected chi connectivity index (χ1v) is 5.46. The molecule has 2 aliphatic heterocycles. The van der Waals surface area contributed by atoms with E-state index in [4.69, 9.17) is 9.47 Å². The van der Waals surface area contributed by atoms with E-state index in [0.717, 1.165) is 19.1 Å². The molecule has 2 saturated heterocycles. The Kier molecular flexibility index (Phi) is 5.05. The molecule has 0 saturated carbocycles. The SMILES string of the molecule is C1CC2CCOC2O1.COC(=O)C(C)C. The van der Waals surface area contributed by atoms with Crippen LogP contribution in [0, 0.1) is 11.8 Å². The monoisotopic (exact) mass is 216 g/mol. The van der Waals surface area contributed by atoms with Crippen molar-refractivity contribution in [1.29, 1.82) is 0 Å². The van der Waals surface area contributed by atoms with Crippen molar-refractivity contribution in [3.8, 4) is 0 Å². The van der Waals surface area contributed by atoms with Gasteiger partial charge in [-0.2, -0.15) is 0 Å². The molecule has 0 bridgehead atoms. The lowest BCUT2D eigenvalue weighted by atomic mass is 10.1. The number of hydrogen-bond acceptors (Lipinski definition) is 4. The van der Waals surface area contributed by atoms with E-state index in [0.29, 0.717) is 0 Å². The average molecular weight is 216 g/mol. The van der Waals surface area contributed by atoms with Crippen LogP contribution in [0.15, 0.2) is 0 Å². The molecule has 0 N–H and O–H groups in total. The molecule has 0 aromatic heterocycles. The van der Waals surface area contributed by atoms with Gasteiger partial charge in [0.05, 0.1) is 26.2 Å². The fourth-order valence-electron chi connectivity index (χ4n) is 1.64. The van der Waals surface area contributed by atoms with Crippen LogP contribution in [0.3, 0.4) is 0 Å². The predicted octanol–water partition coefficient (Wildman–Crippen LogP) is 1.58. The second-order valence-corrected chi connectivity index (χ2v) is 4.13. The van der Waals surface area contributed by atoms with Gasteiger partial charge in [-0.05, 0) is 12.8 Å². The lowest BCUT2D eigenvalue weighted by Gasteiger charge is -2.03. The molecule has 0 spiro atoms. The number of carbonyl (C=O) groups excluding carboxylic acids is 1. The minimum atomic E-state index is -0.153. The number of ether oxygens (including phenoxy) is 3. The number of fused-ring (bicyclic) bond motifs is 1. The van der Waals surface area contributed by atoms with E-state index in [1.807, 2.05) is 0 Å². The predicted molar refractivity (Wildman–Crippen MR) is 55.3 cm³/mol. The summed E-state index contributed by atoms with van der Waals surface area (Å²) in [6.07, 6.45) is 2.60. The maximum atomic E-state index is 10.3. The van der Waals surface area contributed by atoms with Crippen LogP contribution >= 0.6 is 0 Å². The number of esters is 1. The van der Waals surface area contributed by atoms with Crippen LogP contribution in [0.4, 0.5) is 0 Å². The number of methoxy groups -OCH3 is 1. The molecule has 15 heavy (non-hydrogen) atoms. The second kappa shape index (κ2) is 6.08. The minimum absolute atomic E-state index is 0.00463. The lowest BCUT2D eigenvalue weighted by Crippen LogP contribution is -2.08. The van der Waals surface area contributed by atoms with E-state index in [9.17, 15) is 4.79 Å². The highest BCUT2D eigenvalue weighted by molar-refractivity contribution is 5.71. The standard InChI is InChI=1S/C6H10O2.C5H10O2/c1-3-7-6-5(1)2-4-8-6;1-4(2)5(6)7-3/h5-6H,1-4H2;4H,1-3H3. The van der Waals surface area contributed by atoms with Gasteiger partial charge in [-0.15, -0.1) is 0 Å². The Bertz CT molecular complexity index is 183. The summed E-state index contributed by atoms with van der Waals surface area (Å²) in [7, 11) is 1.39. The Morgan fingerprint density at radius 2 is 1.80 bits per heavy atom. The third-order valence-electron chi connectivity index (χ3n) is 2.60. The van der Waals surface area contributed by atoms with Gasteiger partial charge in [0.15, 0.2) is 6.29 Å². The van der Waals surface area contributed by atoms with Crippen molar-refractivity contribution in [3.63, 3.8) is 0 Å². The first-order valence-electron chi connectivity index (χ1n) is 5.46. The van der Waals surface area contributed by atoms with E-state index >= 15 is 0 Å². The Hall–Kier alpha value is -0.610. The highest BCUT2D eigenvalue weighted by atomic mass is 16.7. The van der Waals surface area contributed by atoms with Gasteiger partial charge in [-0.3, -0.25) is 4.79 Å². The molecular formula is C11H20O4. The lowest BCUT2D eigenvalue weighted by molar-refractivity contribution is -0.144. The van der Waals surface area contributed by atoms with Gasteiger partial charge in [0.2, 0.25) is 0 Å². The van der Waals surface area contributed by atoms with Crippen LogP contribution < -0.4 is 0 Å². The molecule has 2 rings (SSSR count). The molecule has 2 aliphatic rings. The molecule has 0 radical (unpaired) electrons. The fraction of sp³-hybridized carbons (Fsp3) is 0.909. The van der Waals surface area contributed by atoms with Crippen LogP contribution in [0.2, 0.25) is 0 Å². The second-order valence-electron chi connectivity index (χ2n) is 4.13. The Morgan fingerprint density at radius 3 is 2.07 bits per heavy atom. The number of rotatable bonds is 1. The quantitative estimate of drug-likeness (QED) is 0.624. The van der Waals surface area contributed by atoms with E-state index in [2.05, 4.69) is 4.74 Å². The van der Waals surface area contributed by atoms with Crippen LogP contribution in [0.5, 0.6) is 0 Å². The van der Waals surface area contributed by atoms with Crippen LogP contribution in [-0.2, 0) is 19.0 Å². The smallest absolute Gasteiger partial charge is 0.308 e. The van der Waals surface area contributed by atoms with E-state index < -0.39 is 0 Å². The minimum Gasteiger partial charge on any atom is -0.469 e. The van der Waals surface area contributed by atoms with Crippen molar-refractivity contribution >= 4 is 5.97 Å². The molecule has 2 heterocycles. The first kappa shape index (κ1) is 12.5. The van der Waals surface area contributed by atoms with Gasteiger partial charge in [0.25, 0.3) is 0 Å². The summed E-state index contributed by atoms with van der Waals surface area (Å²) in [6, 6.07) is 0. The molecule has 0 amide bonds. The molecule has 4 heteroatoms. The largest absolute Gasteiger partial charge is 0.469 e. The van der Waals surface area contributed by atoms with Gasteiger partial charge in [-0.1, -0.05) is 13.8 Å². The van der Waals surface area contributed by atoms with Crippen molar-refractivity contribution in [2.24, 2.45) is 11.8 Å². The van der Waals surface area contributed by atoms with Crippen molar-refractivity contribution in [1.82, 2.24) is 0 Å². The van der Waals surface area contributed by atoms with Gasteiger partial charge < -0.3 is 14.2 Å². The highest BCUT2D eigenvalue weighted by Crippen LogP contribution is 2.30. The zero-order valence-corrected chi connectivity index (χ0v) is 9.69. The van der Waals surface area contributed by atoms with Gasteiger partial charge >= 0.3 is 5.97 Å². The van der Waals surface area contributed by atoms with Crippen molar-refractivity contribution < 1.29 is 19.0 Å².